The molecule has 0 radical (unpaired) electrons. The van der Waals surface area contributed by atoms with Gasteiger partial charge in [0.2, 0.25) is 0 Å². The van der Waals surface area contributed by atoms with Gasteiger partial charge in [-0.05, 0) is 36.5 Å². The van der Waals surface area contributed by atoms with E-state index in [1.54, 1.807) is 12.1 Å². The van der Waals surface area contributed by atoms with Crippen molar-refractivity contribution in [1.82, 2.24) is 10.3 Å². The lowest BCUT2D eigenvalue weighted by molar-refractivity contribution is 0.0930. The molecule has 0 saturated heterocycles. The number of benzene rings is 1. The van der Waals surface area contributed by atoms with Crippen LogP contribution in [0, 0.1) is 5.92 Å². The van der Waals surface area contributed by atoms with Gasteiger partial charge in [0, 0.05) is 6.20 Å². The van der Waals surface area contributed by atoms with Crippen LogP contribution in [0.25, 0.3) is 0 Å². The summed E-state index contributed by atoms with van der Waals surface area (Å²) >= 11 is 0. The second kappa shape index (κ2) is 5.33. The first kappa shape index (κ1) is 12.7. The molecule has 1 aromatic heterocycles. The molecule has 4 nitrogen and oxygen atoms in total. The highest BCUT2D eigenvalue weighted by molar-refractivity contribution is 5.94. The Labute approximate surface area is 116 Å². The average molecular weight is 268 g/mol. The quantitative estimate of drug-likeness (QED) is 0.893. The minimum atomic E-state index is -0.354. The summed E-state index contributed by atoms with van der Waals surface area (Å²) in [5.74, 6) is 0.164. The number of nitrogens with one attached hydrogen (secondary N) is 2. The lowest BCUT2D eigenvalue weighted by Gasteiger charge is -2.18. The number of carbonyl (C=O) groups excluding carboxylic acids is 1. The van der Waals surface area contributed by atoms with E-state index in [4.69, 9.17) is 0 Å². The van der Waals surface area contributed by atoms with Crippen LogP contribution in [0.15, 0.2) is 53.5 Å². The Bertz CT molecular complexity index is 659. The van der Waals surface area contributed by atoms with Crippen molar-refractivity contribution in [3.8, 4) is 0 Å². The van der Waals surface area contributed by atoms with Gasteiger partial charge in [0.15, 0.2) is 0 Å². The zero-order valence-corrected chi connectivity index (χ0v) is 11.0. The van der Waals surface area contributed by atoms with Crippen molar-refractivity contribution in [3.05, 3.63) is 70.1 Å². The molecule has 1 saturated carbocycles. The van der Waals surface area contributed by atoms with Crippen molar-refractivity contribution >= 4 is 5.91 Å². The number of hydrogen-bond acceptors (Lipinski definition) is 2. The minimum absolute atomic E-state index is 0.0108. The summed E-state index contributed by atoms with van der Waals surface area (Å²) in [7, 11) is 0. The van der Waals surface area contributed by atoms with Crippen molar-refractivity contribution in [2.24, 2.45) is 5.92 Å². The van der Waals surface area contributed by atoms with Crippen molar-refractivity contribution < 1.29 is 4.79 Å². The minimum Gasteiger partial charge on any atom is -0.345 e. The predicted octanol–water partition coefficient (Wildman–Crippen LogP) is 2.26. The second-order valence-electron chi connectivity index (χ2n) is 5.11. The number of pyridine rings is 1. The standard InChI is InChI=1S/C16H16N2O2/c19-15-13(7-4-10-17-15)16(20)18-14(12-8-9-12)11-5-2-1-3-6-11/h1-7,10,12,14H,8-9H2,(H,17,19)(H,18,20). The third-order valence-electron chi connectivity index (χ3n) is 3.60. The summed E-state index contributed by atoms with van der Waals surface area (Å²) in [5, 5.41) is 2.99. The van der Waals surface area contributed by atoms with E-state index in [1.807, 2.05) is 30.3 Å². The van der Waals surface area contributed by atoms with Gasteiger partial charge in [-0.2, -0.15) is 0 Å². The summed E-state index contributed by atoms with van der Waals surface area (Å²) in [4.78, 5) is 26.4. The van der Waals surface area contributed by atoms with Crippen LogP contribution in [0.1, 0.15) is 34.8 Å². The van der Waals surface area contributed by atoms with Gasteiger partial charge in [0.05, 0.1) is 6.04 Å². The highest BCUT2D eigenvalue weighted by Crippen LogP contribution is 2.40. The van der Waals surface area contributed by atoms with Gasteiger partial charge in [0.1, 0.15) is 5.56 Å². The Balaban J connectivity index is 1.83. The first-order valence-corrected chi connectivity index (χ1v) is 6.79. The molecule has 0 bridgehead atoms. The van der Waals surface area contributed by atoms with Gasteiger partial charge >= 0.3 is 0 Å². The maximum atomic E-state index is 12.3. The van der Waals surface area contributed by atoms with Crippen LogP contribution in [-0.2, 0) is 0 Å². The lowest BCUT2D eigenvalue weighted by Crippen LogP contribution is -2.33. The third kappa shape index (κ3) is 2.64. The van der Waals surface area contributed by atoms with Crippen LogP contribution in [0.5, 0.6) is 0 Å². The number of H-pyrrole nitrogens is 1. The Morgan fingerprint density at radius 3 is 2.55 bits per heavy atom. The number of hydrogen-bond donors (Lipinski definition) is 2. The van der Waals surface area contributed by atoms with Gasteiger partial charge in [-0.25, -0.2) is 0 Å². The zero-order chi connectivity index (χ0) is 13.9. The molecule has 1 unspecified atom stereocenters. The number of rotatable bonds is 4. The number of carbonyl (C=O) groups is 1. The SMILES string of the molecule is O=C(NC(c1ccccc1)C1CC1)c1ccc[nH]c1=O. The molecule has 20 heavy (non-hydrogen) atoms. The second-order valence-corrected chi connectivity index (χ2v) is 5.11. The van der Waals surface area contributed by atoms with E-state index < -0.39 is 0 Å². The molecule has 1 aromatic carbocycles. The fourth-order valence-corrected chi connectivity index (χ4v) is 2.38. The van der Waals surface area contributed by atoms with E-state index in [2.05, 4.69) is 10.3 Å². The Morgan fingerprint density at radius 1 is 1.15 bits per heavy atom. The lowest BCUT2D eigenvalue weighted by atomic mass is 10.0. The zero-order valence-electron chi connectivity index (χ0n) is 11.0. The summed E-state index contributed by atoms with van der Waals surface area (Å²) in [6, 6.07) is 13.1. The first-order valence-electron chi connectivity index (χ1n) is 6.79. The van der Waals surface area contributed by atoms with Crippen molar-refractivity contribution in [2.45, 2.75) is 18.9 Å². The van der Waals surface area contributed by atoms with Crippen LogP contribution in [-0.4, -0.2) is 10.9 Å². The average Bonchev–Trinajstić information content (AvgIpc) is 3.30. The van der Waals surface area contributed by atoms with Gasteiger partial charge in [-0.1, -0.05) is 30.3 Å². The van der Waals surface area contributed by atoms with E-state index >= 15 is 0 Å². The van der Waals surface area contributed by atoms with E-state index in [1.165, 1.54) is 6.20 Å². The van der Waals surface area contributed by atoms with Gasteiger partial charge in [-0.15, -0.1) is 0 Å². The molecule has 4 heteroatoms. The maximum Gasteiger partial charge on any atom is 0.260 e. The highest BCUT2D eigenvalue weighted by atomic mass is 16.2. The fraction of sp³-hybridized carbons (Fsp3) is 0.250. The molecule has 1 fully saturated rings. The highest BCUT2D eigenvalue weighted by Gasteiger charge is 2.33. The normalized spacial score (nSPS) is 15.6. The number of aromatic amines is 1. The van der Waals surface area contributed by atoms with Crippen LogP contribution < -0.4 is 10.9 Å². The van der Waals surface area contributed by atoms with E-state index in [0.29, 0.717) is 5.92 Å². The fourth-order valence-electron chi connectivity index (χ4n) is 2.38. The third-order valence-corrected chi connectivity index (χ3v) is 3.60. The molecule has 1 aliphatic carbocycles. The topological polar surface area (TPSA) is 62.0 Å². The van der Waals surface area contributed by atoms with Crippen LogP contribution in [0.4, 0.5) is 0 Å². The van der Waals surface area contributed by atoms with E-state index in [9.17, 15) is 9.59 Å². The maximum absolute atomic E-state index is 12.3. The van der Waals surface area contributed by atoms with E-state index in [0.717, 1.165) is 18.4 Å². The van der Waals surface area contributed by atoms with Crippen LogP contribution >= 0.6 is 0 Å². The Morgan fingerprint density at radius 2 is 1.90 bits per heavy atom. The molecule has 1 amide bonds. The van der Waals surface area contributed by atoms with Crippen molar-refractivity contribution in [3.63, 3.8) is 0 Å². The molecule has 3 rings (SSSR count). The molecule has 0 aliphatic heterocycles. The first-order chi connectivity index (χ1) is 9.75. The largest absolute Gasteiger partial charge is 0.345 e. The Hall–Kier alpha value is -2.36. The molecular formula is C16H16N2O2. The summed E-state index contributed by atoms with van der Waals surface area (Å²) in [6.07, 6.45) is 3.75. The van der Waals surface area contributed by atoms with Crippen LogP contribution in [0.3, 0.4) is 0 Å². The van der Waals surface area contributed by atoms with Gasteiger partial charge < -0.3 is 10.3 Å². The van der Waals surface area contributed by atoms with Gasteiger partial charge in [-0.3, -0.25) is 9.59 Å². The molecule has 1 heterocycles. The Kier molecular flexibility index (Phi) is 3.37. The van der Waals surface area contributed by atoms with Crippen molar-refractivity contribution in [1.29, 1.82) is 0 Å². The monoisotopic (exact) mass is 268 g/mol. The molecule has 2 N–H and O–H groups in total. The molecule has 102 valence electrons. The molecule has 0 spiro atoms. The summed E-state index contributed by atoms with van der Waals surface area (Å²) < 4.78 is 0. The summed E-state index contributed by atoms with van der Waals surface area (Å²) in [6.45, 7) is 0. The molecule has 1 aliphatic rings. The predicted molar refractivity (Wildman–Crippen MR) is 76.4 cm³/mol. The molecular weight excluding hydrogens is 252 g/mol. The molecule has 2 aromatic rings. The summed E-state index contributed by atoms with van der Waals surface area (Å²) in [5.41, 5.74) is 0.900. The number of aromatic nitrogens is 1. The molecule has 1 atom stereocenters. The van der Waals surface area contributed by atoms with Crippen LogP contribution in [0.2, 0.25) is 0 Å². The van der Waals surface area contributed by atoms with Gasteiger partial charge in [0.25, 0.3) is 11.5 Å². The van der Waals surface area contributed by atoms with E-state index in [-0.39, 0.29) is 23.1 Å². The van der Waals surface area contributed by atoms with Crippen molar-refractivity contribution in [2.75, 3.05) is 0 Å². The smallest absolute Gasteiger partial charge is 0.260 e. The number of amides is 1.